The molecule has 0 bridgehead atoms. The van der Waals surface area contributed by atoms with Crippen molar-refractivity contribution >= 4 is 5.69 Å². The molecule has 0 saturated carbocycles. The number of hydrogen-bond acceptors (Lipinski definition) is 4. The van der Waals surface area contributed by atoms with Gasteiger partial charge in [-0.05, 0) is 11.6 Å². The molecule has 2 rings (SSSR count). The molecule has 0 aliphatic carbocycles. The van der Waals surface area contributed by atoms with Crippen LogP contribution in [-0.4, -0.2) is 19.8 Å². The molecular weight excluding hydrogens is 222 g/mol. The predicted octanol–water partition coefficient (Wildman–Crippen LogP) is 1.52. The van der Waals surface area contributed by atoms with Crippen molar-refractivity contribution < 1.29 is 10.0 Å². The molecule has 6 heteroatoms. The number of nitro benzene ring substituents is 1. The van der Waals surface area contributed by atoms with Gasteiger partial charge in [-0.25, -0.2) is 0 Å². The topological polar surface area (TPSA) is 81.2 Å². The molecule has 88 valence electrons. The average molecular weight is 233 g/mol. The zero-order valence-corrected chi connectivity index (χ0v) is 8.93. The van der Waals surface area contributed by atoms with Gasteiger partial charge in [0.05, 0.1) is 17.6 Å². The highest BCUT2D eigenvalue weighted by Gasteiger charge is 2.12. The third-order valence-corrected chi connectivity index (χ3v) is 2.38. The predicted molar refractivity (Wildman–Crippen MR) is 60.3 cm³/mol. The molecule has 1 atom stereocenters. The second-order valence-corrected chi connectivity index (χ2v) is 3.60. The smallest absolute Gasteiger partial charge is 0.269 e. The van der Waals surface area contributed by atoms with Gasteiger partial charge < -0.3 is 5.11 Å². The third-order valence-electron chi connectivity index (χ3n) is 2.38. The highest BCUT2D eigenvalue weighted by atomic mass is 16.6. The van der Waals surface area contributed by atoms with E-state index >= 15 is 0 Å². The molecule has 1 aromatic carbocycles. The standard InChI is InChI=1S/C11H11N3O3/c15-11(8-13-6-2-5-12-13)9-3-1-4-10(7-9)14(16)17/h1-7,11,15H,8H2. The molecular formula is C11H11N3O3. The Morgan fingerprint density at radius 2 is 2.29 bits per heavy atom. The van der Waals surface area contributed by atoms with Crippen molar-refractivity contribution in [2.45, 2.75) is 12.6 Å². The number of rotatable bonds is 4. The van der Waals surface area contributed by atoms with Crippen molar-refractivity contribution in [3.63, 3.8) is 0 Å². The van der Waals surface area contributed by atoms with Crippen LogP contribution in [0.1, 0.15) is 11.7 Å². The highest BCUT2D eigenvalue weighted by molar-refractivity contribution is 5.35. The number of hydrogen-bond donors (Lipinski definition) is 1. The van der Waals surface area contributed by atoms with Gasteiger partial charge in [0.25, 0.3) is 5.69 Å². The Morgan fingerprint density at radius 1 is 1.47 bits per heavy atom. The fourth-order valence-electron chi connectivity index (χ4n) is 1.54. The largest absolute Gasteiger partial charge is 0.386 e. The molecule has 0 aliphatic rings. The Labute approximate surface area is 97.3 Å². The second kappa shape index (κ2) is 4.75. The Hall–Kier alpha value is -2.21. The molecule has 0 radical (unpaired) electrons. The normalized spacial score (nSPS) is 12.3. The maximum Gasteiger partial charge on any atom is 0.269 e. The highest BCUT2D eigenvalue weighted by Crippen LogP contribution is 2.20. The van der Waals surface area contributed by atoms with E-state index in [1.807, 2.05) is 0 Å². The lowest BCUT2D eigenvalue weighted by atomic mass is 10.1. The molecule has 1 aromatic heterocycles. The fourth-order valence-corrected chi connectivity index (χ4v) is 1.54. The Bertz CT molecular complexity index is 510. The van der Waals surface area contributed by atoms with Crippen LogP contribution >= 0.6 is 0 Å². The summed E-state index contributed by atoms with van der Waals surface area (Å²) in [6, 6.07) is 7.72. The van der Waals surface area contributed by atoms with E-state index < -0.39 is 11.0 Å². The molecule has 6 nitrogen and oxygen atoms in total. The number of nitrogens with zero attached hydrogens (tertiary/aromatic N) is 3. The average Bonchev–Trinajstić information content (AvgIpc) is 2.82. The first kappa shape index (κ1) is 11.3. The minimum Gasteiger partial charge on any atom is -0.386 e. The molecule has 0 aliphatic heterocycles. The van der Waals surface area contributed by atoms with Crippen LogP contribution in [0.3, 0.4) is 0 Å². The lowest BCUT2D eigenvalue weighted by Gasteiger charge is -2.10. The fraction of sp³-hybridized carbons (Fsp3) is 0.182. The van der Waals surface area contributed by atoms with E-state index in [4.69, 9.17) is 0 Å². The van der Waals surface area contributed by atoms with E-state index in [0.717, 1.165) is 0 Å². The van der Waals surface area contributed by atoms with Gasteiger partial charge >= 0.3 is 0 Å². The summed E-state index contributed by atoms with van der Waals surface area (Å²) < 4.78 is 1.57. The van der Waals surface area contributed by atoms with E-state index in [-0.39, 0.29) is 12.2 Å². The van der Waals surface area contributed by atoms with Crippen LogP contribution in [0.2, 0.25) is 0 Å². The number of benzene rings is 1. The minimum absolute atomic E-state index is 0.0259. The van der Waals surface area contributed by atoms with Gasteiger partial charge in [-0.3, -0.25) is 14.8 Å². The summed E-state index contributed by atoms with van der Waals surface area (Å²) in [4.78, 5) is 10.1. The van der Waals surface area contributed by atoms with Gasteiger partial charge in [-0.1, -0.05) is 12.1 Å². The first-order chi connectivity index (χ1) is 8.16. The quantitative estimate of drug-likeness (QED) is 0.641. The van der Waals surface area contributed by atoms with Crippen LogP contribution in [0.25, 0.3) is 0 Å². The van der Waals surface area contributed by atoms with E-state index in [2.05, 4.69) is 5.10 Å². The van der Waals surface area contributed by atoms with E-state index in [0.29, 0.717) is 5.56 Å². The van der Waals surface area contributed by atoms with Crippen molar-refractivity contribution in [1.29, 1.82) is 0 Å². The Kier molecular flexibility index (Phi) is 3.15. The summed E-state index contributed by atoms with van der Waals surface area (Å²) in [5.41, 5.74) is 0.483. The van der Waals surface area contributed by atoms with Gasteiger partial charge in [0.15, 0.2) is 0 Å². The first-order valence-electron chi connectivity index (χ1n) is 5.06. The Balaban J connectivity index is 2.16. The first-order valence-corrected chi connectivity index (χ1v) is 5.06. The molecule has 1 N–H and O–H groups in total. The number of non-ortho nitro benzene ring substituents is 1. The summed E-state index contributed by atoms with van der Waals surface area (Å²) in [7, 11) is 0. The van der Waals surface area contributed by atoms with E-state index in [1.165, 1.54) is 12.1 Å². The molecule has 0 spiro atoms. The third kappa shape index (κ3) is 2.67. The van der Waals surface area contributed by atoms with Gasteiger partial charge in [-0.15, -0.1) is 0 Å². The van der Waals surface area contributed by atoms with Gasteiger partial charge in [-0.2, -0.15) is 5.10 Å². The molecule has 1 heterocycles. The summed E-state index contributed by atoms with van der Waals surface area (Å²) in [5, 5.41) is 24.5. The zero-order valence-electron chi connectivity index (χ0n) is 8.93. The van der Waals surface area contributed by atoms with Crippen LogP contribution < -0.4 is 0 Å². The number of nitro groups is 1. The summed E-state index contributed by atoms with van der Waals surface area (Å²) >= 11 is 0. The summed E-state index contributed by atoms with van der Waals surface area (Å²) in [5.74, 6) is 0. The number of aliphatic hydroxyl groups is 1. The van der Waals surface area contributed by atoms with Crippen LogP contribution in [0.5, 0.6) is 0 Å². The maximum absolute atomic E-state index is 10.6. The molecule has 2 aromatic rings. The summed E-state index contributed by atoms with van der Waals surface area (Å²) in [6.07, 6.45) is 2.52. The molecule has 0 amide bonds. The van der Waals surface area contributed by atoms with Gasteiger partial charge in [0, 0.05) is 24.5 Å². The van der Waals surface area contributed by atoms with Crippen molar-refractivity contribution in [2.75, 3.05) is 0 Å². The summed E-state index contributed by atoms with van der Waals surface area (Å²) in [6.45, 7) is 0.272. The maximum atomic E-state index is 10.6. The van der Waals surface area contributed by atoms with Crippen LogP contribution in [0.4, 0.5) is 5.69 Å². The molecule has 17 heavy (non-hydrogen) atoms. The minimum atomic E-state index is -0.810. The van der Waals surface area contributed by atoms with Gasteiger partial charge in [0.1, 0.15) is 0 Å². The van der Waals surface area contributed by atoms with Crippen LogP contribution in [-0.2, 0) is 6.54 Å². The van der Waals surface area contributed by atoms with Crippen molar-refractivity contribution in [3.05, 3.63) is 58.4 Å². The zero-order chi connectivity index (χ0) is 12.3. The van der Waals surface area contributed by atoms with E-state index in [9.17, 15) is 15.2 Å². The lowest BCUT2D eigenvalue weighted by molar-refractivity contribution is -0.385. The monoisotopic (exact) mass is 233 g/mol. The van der Waals surface area contributed by atoms with Crippen LogP contribution in [0.15, 0.2) is 42.7 Å². The lowest BCUT2D eigenvalue weighted by Crippen LogP contribution is -2.09. The Morgan fingerprint density at radius 3 is 2.94 bits per heavy atom. The van der Waals surface area contributed by atoms with Gasteiger partial charge in [0.2, 0.25) is 0 Å². The molecule has 1 unspecified atom stereocenters. The molecule has 0 fully saturated rings. The number of aromatic nitrogens is 2. The van der Waals surface area contributed by atoms with Crippen molar-refractivity contribution in [2.24, 2.45) is 0 Å². The SMILES string of the molecule is O=[N+]([O-])c1cccc(C(O)Cn2cccn2)c1. The van der Waals surface area contributed by atoms with Crippen molar-refractivity contribution in [1.82, 2.24) is 9.78 Å². The van der Waals surface area contributed by atoms with E-state index in [1.54, 1.807) is 35.3 Å². The molecule has 0 saturated heterocycles. The van der Waals surface area contributed by atoms with Crippen LogP contribution in [0, 0.1) is 10.1 Å². The second-order valence-electron chi connectivity index (χ2n) is 3.60. The number of aliphatic hydroxyl groups excluding tert-OH is 1. The van der Waals surface area contributed by atoms with Crippen molar-refractivity contribution in [3.8, 4) is 0 Å².